The van der Waals surface area contributed by atoms with Gasteiger partial charge in [-0.2, -0.15) is 4.57 Å². The Morgan fingerprint density at radius 2 is 1.81 bits per heavy atom. The van der Waals surface area contributed by atoms with Gasteiger partial charge >= 0.3 is 7.82 Å². The van der Waals surface area contributed by atoms with Gasteiger partial charge in [0.05, 0.1) is 0 Å². The molecule has 2 bridgehead atoms. The molecule has 1 aromatic rings. The summed E-state index contributed by atoms with van der Waals surface area (Å²) in [4.78, 5) is 0. The van der Waals surface area contributed by atoms with Crippen molar-refractivity contribution in [1.82, 2.24) is 0 Å². The van der Waals surface area contributed by atoms with Crippen molar-refractivity contribution in [3.8, 4) is 23.0 Å². The van der Waals surface area contributed by atoms with E-state index < -0.39 is 7.82 Å². The van der Waals surface area contributed by atoms with Crippen molar-refractivity contribution in [2.45, 2.75) is 26.2 Å². The van der Waals surface area contributed by atoms with E-state index in [1.165, 1.54) is 6.07 Å². The Balaban J connectivity index is 2.32. The quantitative estimate of drug-likeness (QED) is 0.708. The molecule has 6 heteroatoms. The molecular formula is C10H11O5P. The summed E-state index contributed by atoms with van der Waals surface area (Å²) in [5.41, 5.74) is 0.259. The van der Waals surface area contributed by atoms with E-state index in [0.717, 1.165) is 0 Å². The molecule has 0 fully saturated rings. The molecule has 5 nitrogen and oxygen atoms in total. The molecule has 0 amide bonds. The van der Waals surface area contributed by atoms with E-state index in [1.54, 1.807) is 0 Å². The lowest BCUT2D eigenvalue weighted by Crippen LogP contribution is -2.13. The zero-order chi connectivity index (χ0) is 11.7. The van der Waals surface area contributed by atoms with Crippen LogP contribution >= 0.6 is 7.82 Å². The van der Waals surface area contributed by atoms with Gasteiger partial charge in [-0.15, -0.1) is 0 Å². The van der Waals surface area contributed by atoms with Crippen molar-refractivity contribution in [2.24, 2.45) is 0 Å². The number of hydrogen-bond donors (Lipinski definition) is 1. The molecule has 2 aliphatic heterocycles. The standard InChI is InChI=1S/C10H11O5P/c1-10(2,3)7-5(11)4-6-8-9(7)15-16(12,13-6)14-8/h4,11H,1-3H3. The Morgan fingerprint density at radius 3 is 2.38 bits per heavy atom. The average Bonchev–Trinajstić information content (AvgIpc) is 2.52. The predicted octanol–water partition coefficient (Wildman–Crippen LogP) is 2.96. The monoisotopic (exact) mass is 242 g/mol. The van der Waals surface area contributed by atoms with Crippen LogP contribution in [0.3, 0.4) is 0 Å². The van der Waals surface area contributed by atoms with Gasteiger partial charge in [-0.3, -0.25) is 0 Å². The van der Waals surface area contributed by atoms with Gasteiger partial charge in [-0.05, 0) is 5.41 Å². The number of fused-ring (bicyclic) bond motifs is 1. The van der Waals surface area contributed by atoms with Gasteiger partial charge in [-0.25, -0.2) is 0 Å². The molecule has 0 saturated carbocycles. The zero-order valence-electron chi connectivity index (χ0n) is 9.10. The molecule has 2 aliphatic rings. The number of aromatic hydroxyl groups is 1. The Labute approximate surface area is 92.6 Å². The summed E-state index contributed by atoms with van der Waals surface area (Å²) >= 11 is 0. The van der Waals surface area contributed by atoms with E-state index in [2.05, 4.69) is 0 Å². The highest BCUT2D eigenvalue weighted by atomic mass is 31.2. The molecule has 2 heterocycles. The molecule has 1 atom stereocenters. The van der Waals surface area contributed by atoms with Crippen LogP contribution in [0.4, 0.5) is 0 Å². The van der Waals surface area contributed by atoms with Crippen LogP contribution in [0.1, 0.15) is 26.3 Å². The first-order valence-corrected chi connectivity index (χ1v) is 6.35. The van der Waals surface area contributed by atoms with Crippen molar-refractivity contribution in [2.75, 3.05) is 0 Å². The molecule has 1 aromatic carbocycles. The number of phenolic OH excluding ortho intramolecular Hbond substituents is 1. The van der Waals surface area contributed by atoms with Gasteiger partial charge in [0.25, 0.3) is 0 Å². The molecule has 0 spiro atoms. The number of phosphoric ester groups is 1. The van der Waals surface area contributed by atoms with Crippen LogP contribution in [0.2, 0.25) is 0 Å². The third kappa shape index (κ3) is 1.09. The second-order valence-electron chi connectivity index (χ2n) is 4.90. The summed E-state index contributed by atoms with van der Waals surface area (Å²) in [5, 5.41) is 9.89. The molecule has 1 unspecified atom stereocenters. The van der Waals surface area contributed by atoms with E-state index in [-0.39, 0.29) is 16.9 Å². The number of phosphoric acid groups is 1. The number of benzene rings is 1. The number of hydrogen-bond acceptors (Lipinski definition) is 5. The number of rotatable bonds is 0. The van der Waals surface area contributed by atoms with Crippen LogP contribution in [0, 0.1) is 0 Å². The summed E-state index contributed by atoms with van der Waals surface area (Å²) < 4.78 is 27.0. The van der Waals surface area contributed by atoms with Crippen molar-refractivity contribution in [1.29, 1.82) is 0 Å². The van der Waals surface area contributed by atoms with E-state index in [1.807, 2.05) is 20.8 Å². The van der Waals surface area contributed by atoms with E-state index >= 15 is 0 Å². The van der Waals surface area contributed by atoms with Gasteiger partial charge in [0.2, 0.25) is 5.75 Å². The highest BCUT2D eigenvalue weighted by molar-refractivity contribution is 7.50. The molecular weight excluding hydrogens is 231 g/mol. The third-order valence-electron chi connectivity index (χ3n) is 2.55. The van der Waals surface area contributed by atoms with E-state index in [9.17, 15) is 9.67 Å². The first-order valence-electron chi connectivity index (χ1n) is 4.89. The molecule has 1 N–H and O–H groups in total. The summed E-state index contributed by atoms with van der Waals surface area (Å²) in [5.74, 6) is 1.04. The van der Waals surface area contributed by atoms with Crippen molar-refractivity contribution in [3.63, 3.8) is 0 Å². The molecule has 16 heavy (non-hydrogen) atoms. The zero-order valence-corrected chi connectivity index (χ0v) is 10.00. The maximum absolute atomic E-state index is 11.8. The van der Waals surface area contributed by atoms with Crippen LogP contribution in [0.5, 0.6) is 23.0 Å². The van der Waals surface area contributed by atoms with E-state index in [0.29, 0.717) is 17.1 Å². The predicted molar refractivity (Wildman–Crippen MR) is 56.3 cm³/mol. The summed E-state index contributed by atoms with van der Waals surface area (Å²) in [6.45, 7) is 5.78. The lowest BCUT2D eigenvalue weighted by atomic mass is 9.85. The topological polar surface area (TPSA) is 65.0 Å². The lowest BCUT2D eigenvalue weighted by Gasteiger charge is -2.23. The minimum absolute atomic E-state index is 0.0676. The Morgan fingerprint density at radius 1 is 1.19 bits per heavy atom. The molecule has 0 aromatic heterocycles. The summed E-state index contributed by atoms with van der Waals surface area (Å²) in [7, 11) is -3.48. The third-order valence-corrected chi connectivity index (χ3v) is 3.78. The highest BCUT2D eigenvalue weighted by Crippen LogP contribution is 2.71. The lowest BCUT2D eigenvalue weighted by molar-refractivity contribution is 0.346. The Hall–Kier alpha value is -1.35. The first kappa shape index (κ1) is 9.85. The molecule has 86 valence electrons. The second kappa shape index (κ2) is 2.48. The molecule has 0 radical (unpaired) electrons. The normalized spacial score (nSPS) is 24.9. The molecule has 0 aliphatic carbocycles. The van der Waals surface area contributed by atoms with Crippen molar-refractivity contribution >= 4 is 7.82 Å². The van der Waals surface area contributed by atoms with Crippen molar-refractivity contribution in [3.05, 3.63) is 11.6 Å². The van der Waals surface area contributed by atoms with Crippen LogP contribution in [-0.4, -0.2) is 5.11 Å². The smallest absolute Gasteiger partial charge is 0.507 e. The first-order chi connectivity index (χ1) is 7.30. The average molecular weight is 242 g/mol. The van der Waals surface area contributed by atoms with Crippen LogP contribution in [0.25, 0.3) is 0 Å². The van der Waals surface area contributed by atoms with Crippen molar-refractivity contribution < 1.29 is 23.2 Å². The minimum atomic E-state index is -3.48. The van der Waals surface area contributed by atoms with Gasteiger partial charge in [0.15, 0.2) is 11.5 Å². The van der Waals surface area contributed by atoms with Crippen LogP contribution in [-0.2, 0) is 9.98 Å². The van der Waals surface area contributed by atoms with Gasteiger partial charge in [-0.1, -0.05) is 20.8 Å². The van der Waals surface area contributed by atoms with Gasteiger partial charge in [0, 0.05) is 11.6 Å². The van der Waals surface area contributed by atoms with E-state index in [4.69, 9.17) is 13.6 Å². The summed E-state index contributed by atoms with van der Waals surface area (Å²) in [6, 6.07) is 1.42. The minimum Gasteiger partial charge on any atom is -0.507 e. The Kier molecular flexibility index (Phi) is 1.53. The molecule has 3 rings (SSSR count). The maximum atomic E-state index is 11.8. The van der Waals surface area contributed by atoms with Gasteiger partial charge < -0.3 is 18.7 Å². The molecule has 0 saturated heterocycles. The number of phenols is 1. The van der Waals surface area contributed by atoms with Crippen LogP contribution in [0.15, 0.2) is 6.07 Å². The van der Waals surface area contributed by atoms with Crippen LogP contribution < -0.4 is 13.6 Å². The fourth-order valence-electron chi connectivity index (χ4n) is 1.97. The largest absolute Gasteiger partial charge is 0.647 e. The second-order valence-corrected chi connectivity index (χ2v) is 6.34. The Bertz CT molecular complexity index is 543. The van der Waals surface area contributed by atoms with Gasteiger partial charge in [0.1, 0.15) is 5.75 Å². The maximum Gasteiger partial charge on any atom is 0.647 e. The highest BCUT2D eigenvalue weighted by Gasteiger charge is 2.52. The fourth-order valence-corrected chi connectivity index (χ4v) is 3.25. The fraction of sp³-hybridized carbons (Fsp3) is 0.400. The summed E-state index contributed by atoms with van der Waals surface area (Å²) in [6.07, 6.45) is 0. The SMILES string of the molecule is CC(C)(C)c1c(O)cc2c3c1OP(=O)(O2)O3.